The third-order valence-electron chi connectivity index (χ3n) is 3.81. The normalized spacial score (nSPS) is 10.8. The van der Waals surface area contributed by atoms with E-state index in [4.69, 9.17) is 4.42 Å². The van der Waals surface area contributed by atoms with Gasteiger partial charge in [0, 0.05) is 22.6 Å². The molecule has 0 aliphatic rings. The number of para-hydroxylation sites is 1. The van der Waals surface area contributed by atoms with Crippen LogP contribution >= 0.6 is 23.5 Å². The SMILES string of the molecule is CSc1ccccc1NC(=O)CCSc1nnc(-c2cc(C)cc(C)c2)o1. The van der Waals surface area contributed by atoms with E-state index in [2.05, 4.69) is 21.6 Å². The van der Waals surface area contributed by atoms with Gasteiger partial charge in [-0.05, 0) is 44.4 Å². The molecule has 0 saturated heterocycles. The first-order chi connectivity index (χ1) is 13.0. The average molecular weight is 400 g/mol. The van der Waals surface area contributed by atoms with Crippen LogP contribution in [0.15, 0.2) is 57.0 Å². The van der Waals surface area contributed by atoms with Crippen molar-refractivity contribution in [3.63, 3.8) is 0 Å². The van der Waals surface area contributed by atoms with Gasteiger partial charge in [0.1, 0.15) is 0 Å². The van der Waals surface area contributed by atoms with Crippen molar-refractivity contribution in [3.8, 4) is 11.5 Å². The van der Waals surface area contributed by atoms with Crippen molar-refractivity contribution in [2.45, 2.75) is 30.4 Å². The molecule has 1 N–H and O–H groups in total. The first-order valence-electron chi connectivity index (χ1n) is 8.53. The summed E-state index contributed by atoms with van der Waals surface area (Å²) in [4.78, 5) is 13.2. The van der Waals surface area contributed by atoms with E-state index in [-0.39, 0.29) is 5.91 Å². The van der Waals surface area contributed by atoms with Crippen molar-refractivity contribution < 1.29 is 9.21 Å². The molecular formula is C20H21N3O2S2. The highest BCUT2D eigenvalue weighted by Crippen LogP contribution is 2.26. The van der Waals surface area contributed by atoms with E-state index in [0.29, 0.717) is 23.3 Å². The fourth-order valence-corrected chi connectivity index (χ4v) is 3.93. The van der Waals surface area contributed by atoms with Gasteiger partial charge in [0.05, 0.1) is 5.69 Å². The van der Waals surface area contributed by atoms with Crippen molar-refractivity contribution >= 4 is 35.1 Å². The molecule has 5 nitrogen and oxygen atoms in total. The maximum atomic E-state index is 12.2. The van der Waals surface area contributed by atoms with E-state index in [1.807, 2.05) is 56.5 Å². The van der Waals surface area contributed by atoms with Gasteiger partial charge in [-0.2, -0.15) is 0 Å². The minimum Gasteiger partial charge on any atom is -0.411 e. The zero-order valence-corrected chi connectivity index (χ0v) is 17.1. The Hall–Kier alpha value is -2.25. The molecule has 0 aliphatic carbocycles. The molecule has 0 bridgehead atoms. The van der Waals surface area contributed by atoms with Gasteiger partial charge in [0.15, 0.2) is 0 Å². The number of carbonyl (C=O) groups excluding carboxylic acids is 1. The van der Waals surface area contributed by atoms with Gasteiger partial charge in [-0.1, -0.05) is 41.1 Å². The van der Waals surface area contributed by atoms with E-state index in [9.17, 15) is 4.79 Å². The van der Waals surface area contributed by atoms with Gasteiger partial charge >= 0.3 is 0 Å². The second kappa shape index (κ2) is 9.10. The molecule has 3 rings (SSSR count). The number of thioether (sulfide) groups is 2. The number of rotatable bonds is 7. The molecule has 0 atom stereocenters. The molecule has 0 radical (unpaired) electrons. The Morgan fingerprint density at radius 1 is 1.11 bits per heavy atom. The molecule has 0 aliphatic heterocycles. The molecule has 1 heterocycles. The summed E-state index contributed by atoms with van der Waals surface area (Å²) >= 11 is 2.99. The topological polar surface area (TPSA) is 68.0 Å². The van der Waals surface area contributed by atoms with Crippen molar-refractivity contribution in [3.05, 3.63) is 53.6 Å². The molecule has 0 unspecified atom stereocenters. The average Bonchev–Trinajstić information content (AvgIpc) is 3.10. The number of hydrogen-bond donors (Lipinski definition) is 1. The molecule has 1 aromatic heterocycles. The number of aromatic nitrogens is 2. The van der Waals surface area contributed by atoms with E-state index in [1.165, 1.54) is 11.8 Å². The number of aryl methyl sites for hydroxylation is 2. The standard InChI is InChI=1S/C20H21N3O2S2/c1-13-10-14(2)12-15(11-13)19-22-23-20(25-19)27-9-8-18(24)21-16-6-4-5-7-17(16)26-3/h4-7,10-12H,8-9H2,1-3H3,(H,21,24). The predicted molar refractivity (Wildman–Crippen MR) is 111 cm³/mol. The summed E-state index contributed by atoms with van der Waals surface area (Å²) in [7, 11) is 0. The van der Waals surface area contributed by atoms with Crippen LogP contribution in [-0.4, -0.2) is 28.1 Å². The minimum atomic E-state index is -0.0296. The summed E-state index contributed by atoms with van der Waals surface area (Å²) in [5, 5.41) is 11.6. The Labute approximate surface area is 167 Å². The zero-order valence-electron chi connectivity index (χ0n) is 15.5. The summed E-state index contributed by atoms with van der Waals surface area (Å²) in [6, 6.07) is 13.9. The fraction of sp³-hybridized carbons (Fsp3) is 0.250. The second-order valence-electron chi connectivity index (χ2n) is 6.10. The molecule has 0 spiro atoms. The van der Waals surface area contributed by atoms with E-state index < -0.39 is 0 Å². The molecule has 3 aromatic rings. The van der Waals surface area contributed by atoms with Crippen molar-refractivity contribution in [2.75, 3.05) is 17.3 Å². The number of carbonyl (C=O) groups is 1. The lowest BCUT2D eigenvalue weighted by atomic mass is 10.1. The summed E-state index contributed by atoms with van der Waals surface area (Å²) in [5.74, 6) is 1.04. The first-order valence-corrected chi connectivity index (χ1v) is 10.7. The van der Waals surface area contributed by atoms with Crippen LogP contribution in [0, 0.1) is 13.8 Å². The molecule has 140 valence electrons. The van der Waals surface area contributed by atoms with Gasteiger partial charge in [-0.15, -0.1) is 22.0 Å². The van der Waals surface area contributed by atoms with Crippen LogP contribution in [0.4, 0.5) is 5.69 Å². The lowest BCUT2D eigenvalue weighted by Gasteiger charge is -2.08. The number of anilines is 1. The first kappa shape index (κ1) is 19.5. The van der Waals surface area contributed by atoms with Gasteiger partial charge in [0.2, 0.25) is 11.8 Å². The Morgan fingerprint density at radius 3 is 2.59 bits per heavy atom. The molecule has 7 heteroatoms. The number of nitrogens with one attached hydrogen (secondary N) is 1. The molecule has 2 aromatic carbocycles. The van der Waals surface area contributed by atoms with Crippen molar-refractivity contribution in [1.82, 2.24) is 10.2 Å². The van der Waals surface area contributed by atoms with Gasteiger partial charge < -0.3 is 9.73 Å². The highest BCUT2D eigenvalue weighted by Gasteiger charge is 2.11. The fourth-order valence-electron chi connectivity index (χ4n) is 2.67. The lowest BCUT2D eigenvalue weighted by Crippen LogP contribution is -2.12. The summed E-state index contributed by atoms with van der Waals surface area (Å²) in [5.41, 5.74) is 4.06. The van der Waals surface area contributed by atoms with Gasteiger partial charge in [0.25, 0.3) is 5.22 Å². The predicted octanol–water partition coefficient (Wildman–Crippen LogP) is 5.20. The van der Waals surface area contributed by atoms with E-state index in [1.54, 1.807) is 11.8 Å². The smallest absolute Gasteiger partial charge is 0.276 e. The maximum absolute atomic E-state index is 12.2. The van der Waals surface area contributed by atoms with Crippen LogP contribution in [0.25, 0.3) is 11.5 Å². The van der Waals surface area contributed by atoms with Crippen molar-refractivity contribution in [2.24, 2.45) is 0 Å². The van der Waals surface area contributed by atoms with Crippen LogP contribution in [-0.2, 0) is 4.79 Å². The molecule has 0 fully saturated rings. The number of nitrogens with zero attached hydrogens (tertiary/aromatic N) is 2. The largest absolute Gasteiger partial charge is 0.411 e. The molecule has 0 saturated carbocycles. The molecule has 27 heavy (non-hydrogen) atoms. The highest BCUT2D eigenvalue weighted by molar-refractivity contribution is 7.99. The van der Waals surface area contributed by atoms with Gasteiger partial charge in [-0.3, -0.25) is 4.79 Å². The third kappa shape index (κ3) is 5.37. The van der Waals surface area contributed by atoms with Gasteiger partial charge in [-0.25, -0.2) is 0 Å². The summed E-state index contributed by atoms with van der Waals surface area (Å²) < 4.78 is 5.72. The molecule has 1 amide bonds. The third-order valence-corrected chi connectivity index (χ3v) is 5.43. The van der Waals surface area contributed by atoms with E-state index in [0.717, 1.165) is 27.3 Å². The maximum Gasteiger partial charge on any atom is 0.276 e. The second-order valence-corrected chi connectivity index (χ2v) is 7.99. The monoisotopic (exact) mass is 399 g/mol. The van der Waals surface area contributed by atoms with Crippen LogP contribution in [0.1, 0.15) is 17.5 Å². The molecular weight excluding hydrogens is 378 g/mol. The summed E-state index contributed by atoms with van der Waals surface area (Å²) in [6.07, 6.45) is 2.36. The highest BCUT2D eigenvalue weighted by atomic mass is 32.2. The van der Waals surface area contributed by atoms with Crippen LogP contribution < -0.4 is 5.32 Å². The quantitative estimate of drug-likeness (QED) is 0.551. The Kier molecular flexibility index (Phi) is 6.58. The Bertz CT molecular complexity index is 920. The summed E-state index contributed by atoms with van der Waals surface area (Å²) in [6.45, 7) is 4.08. The van der Waals surface area contributed by atoms with Crippen LogP contribution in [0.5, 0.6) is 0 Å². The zero-order chi connectivity index (χ0) is 19.2. The van der Waals surface area contributed by atoms with E-state index >= 15 is 0 Å². The van der Waals surface area contributed by atoms with Crippen molar-refractivity contribution in [1.29, 1.82) is 0 Å². The van der Waals surface area contributed by atoms with Crippen LogP contribution in [0.3, 0.4) is 0 Å². The van der Waals surface area contributed by atoms with Crippen LogP contribution in [0.2, 0.25) is 0 Å². The Balaban J connectivity index is 1.53. The Morgan fingerprint density at radius 2 is 1.85 bits per heavy atom. The minimum absolute atomic E-state index is 0.0296. The lowest BCUT2D eigenvalue weighted by molar-refractivity contribution is -0.115. The number of hydrogen-bond acceptors (Lipinski definition) is 6. The number of amides is 1. The number of benzene rings is 2.